The van der Waals surface area contributed by atoms with Crippen LogP contribution in [0.1, 0.15) is 25.3 Å². The fourth-order valence-electron chi connectivity index (χ4n) is 1.45. The zero-order valence-corrected chi connectivity index (χ0v) is 11.1. The van der Waals surface area contributed by atoms with E-state index in [9.17, 15) is 5.11 Å². The monoisotopic (exact) mass is 250 g/mol. The van der Waals surface area contributed by atoms with Gasteiger partial charge >= 0.3 is 0 Å². The van der Waals surface area contributed by atoms with Crippen LogP contribution in [0.2, 0.25) is 0 Å². The van der Waals surface area contributed by atoms with E-state index in [1.54, 1.807) is 7.11 Å². The second kappa shape index (κ2) is 8.72. The number of aliphatic hydroxyl groups excluding tert-OH is 1. The summed E-state index contributed by atoms with van der Waals surface area (Å²) < 4.78 is 10.6. The molecule has 0 saturated heterocycles. The van der Waals surface area contributed by atoms with Crippen LogP contribution in [0.15, 0.2) is 36.4 Å². The number of ether oxygens (including phenoxy) is 2. The van der Waals surface area contributed by atoms with Gasteiger partial charge in [-0.1, -0.05) is 31.2 Å². The lowest BCUT2D eigenvalue weighted by Crippen LogP contribution is -1.99. The van der Waals surface area contributed by atoms with E-state index in [-0.39, 0.29) is 6.10 Å². The number of rotatable bonds is 8. The van der Waals surface area contributed by atoms with Crippen molar-refractivity contribution in [3.8, 4) is 5.75 Å². The Morgan fingerprint density at radius 2 is 2.00 bits per heavy atom. The standard InChI is InChI=1S/C15H22O3/c1-3-14(16)6-4-5-11-18-12-13-7-9-15(17-2)10-8-13/h4,6-10,14,16H,3,5,11-12H2,1-2H3. The highest BCUT2D eigenvalue weighted by Crippen LogP contribution is 2.11. The Morgan fingerprint density at radius 3 is 2.61 bits per heavy atom. The third-order valence-electron chi connectivity index (χ3n) is 2.63. The second-order valence-corrected chi connectivity index (χ2v) is 4.09. The van der Waals surface area contributed by atoms with Gasteiger partial charge in [0, 0.05) is 0 Å². The number of hydrogen-bond acceptors (Lipinski definition) is 3. The normalized spacial score (nSPS) is 12.8. The van der Waals surface area contributed by atoms with Gasteiger partial charge in [0.05, 0.1) is 26.4 Å². The molecule has 0 saturated carbocycles. The molecular weight excluding hydrogens is 228 g/mol. The number of benzene rings is 1. The molecular formula is C15H22O3. The highest BCUT2D eigenvalue weighted by Gasteiger charge is 1.95. The Labute approximate surface area is 109 Å². The Balaban J connectivity index is 2.15. The molecule has 0 aliphatic carbocycles. The molecule has 18 heavy (non-hydrogen) atoms. The van der Waals surface area contributed by atoms with Crippen molar-refractivity contribution in [3.63, 3.8) is 0 Å². The van der Waals surface area contributed by atoms with E-state index >= 15 is 0 Å². The molecule has 1 atom stereocenters. The van der Waals surface area contributed by atoms with Crippen LogP contribution in [-0.4, -0.2) is 24.9 Å². The van der Waals surface area contributed by atoms with Gasteiger partial charge in [-0.3, -0.25) is 0 Å². The van der Waals surface area contributed by atoms with Crippen LogP contribution in [0.25, 0.3) is 0 Å². The summed E-state index contributed by atoms with van der Waals surface area (Å²) in [5, 5.41) is 9.30. The first-order valence-corrected chi connectivity index (χ1v) is 6.31. The zero-order valence-electron chi connectivity index (χ0n) is 11.1. The summed E-state index contributed by atoms with van der Waals surface area (Å²) in [5.41, 5.74) is 1.13. The van der Waals surface area contributed by atoms with Gasteiger partial charge in [0.15, 0.2) is 0 Å². The fraction of sp³-hybridized carbons (Fsp3) is 0.467. The van der Waals surface area contributed by atoms with Gasteiger partial charge in [-0.2, -0.15) is 0 Å². The summed E-state index contributed by atoms with van der Waals surface area (Å²) in [6.07, 6.45) is 5.03. The first-order chi connectivity index (χ1) is 8.76. The van der Waals surface area contributed by atoms with E-state index in [2.05, 4.69) is 0 Å². The van der Waals surface area contributed by atoms with E-state index in [0.29, 0.717) is 13.2 Å². The van der Waals surface area contributed by atoms with Crippen molar-refractivity contribution in [1.82, 2.24) is 0 Å². The van der Waals surface area contributed by atoms with Crippen molar-refractivity contribution < 1.29 is 14.6 Å². The molecule has 0 radical (unpaired) electrons. The van der Waals surface area contributed by atoms with Gasteiger partial charge in [0.1, 0.15) is 5.75 Å². The molecule has 0 heterocycles. The molecule has 1 rings (SSSR count). The van der Waals surface area contributed by atoms with Crippen LogP contribution in [0.5, 0.6) is 5.75 Å². The lowest BCUT2D eigenvalue weighted by atomic mass is 10.2. The maximum absolute atomic E-state index is 9.30. The number of aliphatic hydroxyl groups is 1. The predicted octanol–water partition coefficient (Wildman–Crippen LogP) is 2.93. The van der Waals surface area contributed by atoms with Gasteiger partial charge in [-0.05, 0) is 30.5 Å². The van der Waals surface area contributed by atoms with Crippen molar-refractivity contribution in [2.24, 2.45) is 0 Å². The Kier molecular flexibility index (Phi) is 7.14. The molecule has 1 aromatic rings. The maximum atomic E-state index is 9.30. The molecule has 0 aliphatic rings. The lowest BCUT2D eigenvalue weighted by molar-refractivity contribution is 0.125. The first-order valence-electron chi connectivity index (χ1n) is 6.31. The topological polar surface area (TPSA) is 38.7 Å². The van der Waals surface area contributed by atoms with E-state index in [1.165, 1.54) is 0 Å². The molecule has 1 aromatic carbocycles. The second-order valence-electron chi connectivity index (χ2n) is 4.09. The van der Waals surface area contributed by atoms with Crippen LogP contribution in [0.4, 0.5) is 0 Å². The Morgan fingerprint density at radius 1 is 1.28 bits per heavy atom. The Hall–Kier alpha value is -1.32. The molecule has 0 aromatic heterocycles. The summed E-state index contributed by atoms with van der Waals surface area (Å²) in [4.78, 5) is 0. The lowest BCUT2D eigenvalue weighted by Gasteiger charge is -2.04. The molecule has 0 bridgehead atoms. The Bertz CT molecular complexity index is 343. The molecule has 100 valence electrons. The highest BCUT2D eigenvalue weighted by atomic mass is 16.5. The summed E-state index contributed by atoms with van der Waals surface area (Å²) in [6.45, 7) is 3.22. The maximum Gasteiger partial charge on any atom is 0.118 e. The van der Waals surface area contributed by atoms with Crippen LogP contribution in [-0.2, 0) is 11.3 Å². The molecule has 3 nitrogen and oxygen atoms in total. The third kappa shape index (κ3) is 5.84. The molecule has 0 amide bonds. The average molecular weight is 250 g/mol. The minimum absolute atomic E-state index is 0.327. The van der Waals surface area contributed by atoms with Crippen molar-refractivity contribution in [2.75, 3.05) is 13.7 Å². The fourth-order valence-corrected chi connectivity index (χ4v) is 1.45. The van der Waals surface area contributed by atoms with Crippen molar-refractivity contribution in [1.29, 1.82) is 0 Å². The highest BCUT2D eigenvalue weighted by molar-refractivity contribution is 5.26. The van der Waals surface area contributed by atoms with E-state index in [1.807, 2.05) is 43.3 Å². The largest absolute Gasteiger partial charge is 0.497 e. The summed E-state index contributed by atoms with van der Waals surface area (Å²) in [5.74, 6) is 0.857. The SMILES string of the molecule is CCC(O)C=CCCOCc1ccc(OC)cc1. The third-order valence-corrected chi connectivity index (χ3v) is 2.63. The average Bonchev–Trinajstić information content (AvgIpc) is 2.43. The van der Waals surface area contributed by atoms with Gasteiger partial charge in [0.25, 0.3) is 0 Å². The van der Waals surface area contributed by atoms with Crippen LogP contribution >= 0.6 is 0 Å². The summed E-state index contributed by atoms with van der Waals surface area (Å²) in [7, 11) is 1.66. The van der Waals surface area contributed by atoms with Crippen LogP contribution in [0, 0.1) is 0 Å². The molecule has 3 heteroatoms. The number of hydrogen-bond donors (Lipinski definition) is 1. The van der Waals surface area contributed by atoms with Crippen molar-refractivity contribution in [2.45, 2.75) is 32.5 Å². The van der Waals surface area contributed by atoms with E-state index in [4.69, 9.17) is 9.47 Å². The van der Waals surface area contributed by atoms with Crippen molar-refractivity contribution in [3.05, 3.63) is 42.0 Å². The molecule has 1 unspecified atom stereocenters. The molecule has 1 N–H and O–H groups in total. The first kappa shape index (κ1) is 14.7. The van der Waals surface area contributed by atoms with E-state index < -0.39 is 0 Å². The van der Waals surface area contributed by atoms with Gasteiger partial charge in [-0.25, -0.2) is 0 Å². The summed E-state index contributed by atoms with van der Waals surface area (Å²) in [6, 6.07) is 7.84. The van der Waals surface area contributed by atoms with Gasteiger partial charge < -0.3 is 14.6 Å². The zero-order chi connectivity index (χ0) is 13.2. The van der Waals surface area contributed by atoms with Gasteiger partial charge in [0.2, 0.25) is 0 Å². The smallest absolute Gasteiger partial charge is 0.118 e. The minimum Gasteiger partial charge on any atom is -0.497 e. The van der Waals surface area contributed by atoms with E-state index in [0.717, 1.165) is 24.2 Å². The van der Waals surface area contributed by atoms with Gasteiger partial charge in [-0.15, -0.1) is 0 Å². The summed E-state index contributed by atoms with van der Waals surface area (Å²) >= 11 is 0. The van der Waals surface area contributed by atoms with Crippen molar-refractivity contribution >= 4 is 0 Å². The predicted molar refractivity (Wildman–Crippen MR) is 72.7 cm³/mol. The van der Waals surface area contributed by atoms with Crippen LogP contribution in [0.3, 0.4) is 0 Å². The molecule has 0 spiro atoms. The number of methoxy groups -OCH3 is 1. The molecule has 0 fully saturated rings. The minimum atomic E-state index is -0.327. The molecule has 0 aliphatic heterocycles. The van der Waals surface area contributed by atoms with Crippen LogP contribution < -0.4 is 4.74 Å². The quantitative estimate of drug-likeness (QED) is 0.569.